The molecular weight excluding hydrogens is 368 g/mol. The summed E-state index contributed by atoms with van der Waals surface area (Å²) in [6.07, 6.45) is 3.73. The number of esters is 3. The molecule has 0 aromatic heterocycles. The number of nitrogens with one attached hydrogen (secondary N) is 1. The van der Waals surface area contributed by atoms with Crippen LogP contribution in [0.25, 0.3) is 0 Å². The second-order valence-corrected chi connectivity index (χ2v) is 6.26. The first-order valence-electron chi connectivity index (χ1n) is 9.61. The summed E-state index contributed by atoms with van der Waals surface area (Å²) in [4.78, 5) is 46.1. The molecule has 0 spiro atoms. The van der Waals surface area contributed by atoms with Gasteiger partial charge >= 0.3 is 17.9 Å². The number of amides is 1. The molecule has 9 heteroatoms. The van der Waals surface area contributed by atoms with Gasteiger partial charge in [-0.3, -0.25) is 14.4 Å². The quantitative estimate of drug-likeness (QED) is 0.328. The van der Waals surface area contributed by atoms with Crippen molar-refractivity contribution in [3.05, 3.63) is 0 Å². The van der Waals surface area contributed by atoms with Crippen LogP contribution < -0.4 is 5.32 Å². The Balaban J connectivity index is 0.000000525. The standard InChI is InChI=1S/C10H19NO4.C9H15NO3/c1-4-8(10(13)15-3)11-7-5-6-9(12)14-2;1-3-7(9(12)13-2)10-6-4-5-8(10)11/h8,11H,4-7H2,1-3H3;7H,3-6H2,1-2H3/t8-;/m0./s1. The lowest BCUT2D eigenvalue weighted by Gasteiger charge is -2.23. The summed E-state index contributed by atoms with van der Waals surface area (Å²) in [7, 11) is 4.08. The number of ether oxygens (including phenoxy) is 3. The van der Waals surface area contributed by atoms with Crippen LogP contribution in [0.4, 0.5) is 0 Å². The number of carbonyl (C=O) groups is 4. The number of hydrogen-bond donors (Lipinski definition) is 1. The lowest BCUT2D eigenvalue weighted by atomic mass is 10.2. The van der Waals surface area contributed by atoms with Gasteiger partial charge in [0.1, 0.15) is 12.1 Å². The predicted molar refractivity (Wildman–Crippen MR) is 102 cm³/mol. The molecule has 0 saturated carbocycles. The molecule has 1 fully saturated rings. The van der Waals surface area contributed by atoms with Gasteiger partial charge in [-0.25, -0.2) is 4.79 Å². The van der Waals surface area contributed by atoms with Gasteiger partial charge in [-0.2, -0.15) is 0 Å². The second-order valence-electron chi connectivity index (χ2n) is 6.26. The highest BCUT2D eigenvalue weighted by Gasteiger charge is 2.31. The second kappa shape index (κ2) is 14.8. The molecule has 1 aliphatic rings. The first-order valence-corrected chi connectivity index (χ1v) is 9.61. The maximum atomic E-state index is 11.3. The summed E-state index contributed by atoms with van der Waals surface area (Å²) in [5.74, 6) is -0.742. The molecule has 1 heterocycles. The minimum Gasteiger partial charge on any atom is -0.469 e. The van der Waals surface area contributed by atoms with E-state index < -0.39 is 0 Å². The summed E-state index contributed by atoms with van der Waals surface area (Å²) in [5.41, 5.74) is 0. The van der Waals surface area contributed by atoms with Gasteiger partial charge in [0.15, 0.2) is 0 Å². The average molecular weight is 402 g/mol. The number of methoxy groups -OCH3 is 3. The number of rotatable bonds is 10. The Labute approximate surface area is 167 Å². The number of carbonyl (C=O) groups excluding carboxylic acids is 4. The molecule has 0 bridgehead atoms. The molecule has 9 nitrogen and oxygen atoms in total. The van der Waals surface area contributed by atoms with Gasteiger partial charge < -0.3 is 24.4 Å². The Bertz CT molecular complexity index is 511. The molecule has 1 amide bonds. The summed E-state index contributed by atoms with van der Waals surface area (Å²) in [5, 5.41) is 3.02. The Morgan fingerprint density at radius 3 is 2.11 bits per heavy atom. The monoisotopic (exact) mass is 402 g/mol. The number of nitrogens with zero attached hydrogens (tertiary/aromatic N) is 1. The maximum absolute atomic E-state index is 11.3. The van der Waals surface area contributed by atoms with E-state index in [0.717, 1.165) is 6.42 Å². The smallest absolute Gasteiger partial charge is 0.328 e. The van der Waals surface area contributed by atoms with E-state index in [9.17, 15) is 19.2 Å². The summed E-state index contributed by atoms with van der Waals surface area (Å²) in [6, 6.07) is -0.660. The minimum atomic E-state index is -0.375. The topological polar surface area (TPSA) is 111 Å². The zero-order valence-corrected chi connectivity index (χ0v) is 17.6. The van der Waals surface area contributed by atoms with E-state index >= 15 is 0 Å². The molecule has 2 atom stereocenters. The third-order valence-electron chi connectivity index (χ3n) is 4.42. The van der Waals surface area contributed by atoms with Crippen LogP contribution >= 0.6 is 0 Å². The molecule has 162 valence electrons. The van der Waals surface area contributed by atoms with Crippen molar-refractivity contribution in [3.8, 4) is 0 Å². The average Bonchev–Trinajstić information content (AvgIpc) is 3.13. The van der Waals surface area contributed by atoms with Crippen molar-refractivity contribution in [3.63, 3.8) is 0 Å². The van der Waals surface area contributed by atoms with Gasteiger partial charge in [-0.15, -0.1) is 0 Å². The predicted octanol–water partition coefficient (Wildman–Crippen LogP) is 1.04. The Morgan fingerprint density at radius 1 is 1.04 bits per heavy atom. The molecule has 0 aromatic rings. The van der Waals surface area contributed by atoms with E-state index in [0.29, 0.717) is 45.2 Å². The molecule has 1 aliphatic heterocycles. The minimum absolute atomic E-state index is 0.0669. The van der Waals surface area contributed by atoms with E-state index in [1.165, 1.54) is 21.3 Å². The summed E-state index contributed by atoms with van der Waals surface area (Å²) >= 11 is 0. The summed E-state index contributed by atoms with van der Waals surface area (Å²) < 4.78 is 13.7. The molecule has 1 N–H and O–H groups in total. The molecule has 1 unspecified atom stereocenters. The van der Waals surface area contributed by atoms with E-state index in [-0.39, 0.29) is 35.9 Å². The van der Waals surface area contributed by atoms with Gasteiger partial charge in [0.2, 0.25) is 5.91 Å². The van der Waals surface area contributed by atoms with Gasteiger partial charge in [0.25, 0.3) is 0 Å². The van der Waals surface area contributed by atoms with E-state index in [1.807, 2.05) is 13.8 Å². The first-order chi connectivity index (χ1) is 13.4. The third kappa shape index (κ3) is 9.16. The van der Waals surface area contributed by atoms with Crippen LogP contribution in [0.2, 0.25) is 0 Å². The van der Waals surface area contributed by atoms with E-state index in [1.54, 1.807) is 4.90 Å². The molecule has 0 radical (unpaired) electrons. The number of hydrogen-bond acceptors (Lipinski definition) is 8. The Kier molecular flexibility index (Phi) is 13.7. The molecule has 1 rings (SSSR count). The molecule has 0 aromatic carbocycles. The Morgan fingerprint density at radius 2 is 1.68 bits per heavy atom. The fourth-order valence-corrected chi connectivity index (χ4v) is 2.80. The summed E-state index contributed by atoms with van der Waals surface area (Å²) in [6.45, 7) is 5.07. The van der Waals surface area contributed by atoms with Crippen LogP contribution in [-0.4, -0.2) is 75.2 Å². The van der Waals surface area contributed by atoms with Crippen LogP contribution in [0.1, 0.15) is 52.4 Å². The van der Waals surface area contributed by atoms with E-state index in [2.05, 4.69) is 19.5 Å². The fourth-order valence-electron chi connectivity index (χ4n) is 2.80. The largest absolute Gasteiger partial charge is 0.469 e. The lowest BCUT2D eigenvalue weighted by molar-refractivity contribution is -0.151. The number of likely N-dealkylation sites (tertiary alicyclic amines) is 1. The van der Waals surface area contributed by atoms with Crippen LogP contribution in [0, 0.1) is 0 Å². The maximum Gasteiger partial charge on any atom is 0.328 e. The van der Waals surface area contributed by atoms with Crippen molar-refractivity contribution in [1.82, 2.24) is 10.2 Å². The molecule has 0 aliphatic carbocycles. The SMILES string of the molecule is CCC(C(=O)OC)N1CCCC1=O.CC[C@H](NCCCC(=O)OC)C(=O)OC. The zero-order chi connectivity index (χ0) is 21.5. The van der Waals surface area contributed by atoms with Crippen molar-refractivity contribution in [2.45, 2.75) is 64.5 Å². The van der Waals surface area contributed by atoms with Gasteiger partial charge in [0.05, 0.1) is 21.3 Å². The highest BCUT2D eigenvalue weighted by Crippen LogP contribution is 2.16. The van der Waals surface area contributed by atoms with Crippen LogP contribution in [0.15, 0.2) is 0 Å². The molecule has 1 saturated heterocycles. The van der Waals surface area contributed by atoms with Crippen molar-refractivity contribution in [2.75, 3.05) is 34.4 Å². The normalized spacial score (nSPS) is 15.2. The Hall–Kier alpha value is -2.16. The zero-order valence-electron chi connectivity index (χ0n) is 17.6. The van der Waals surface area contributed by atoms with Crippen molar-refractivity contribution in [2.24, 2.45) is 0 Å². The van der Waals surface area contributed by atoms with Crippen molar-refractivity contribution in [1.29, 1.82) is 0 Å². The lowest BCUT2D eigenvalue weighted by Crippen LogP contribution is -2.42. The van der Waals surface area contributed by atoms with Gasteiger partial charge in [0, 0.05) is 19.4 Å². The highest BCUT2D eigenvalue weighted by atomic mass is 16.5. The fraction of sp³-hybridized carbons (Fsp3) is 0.789. The van der Waals surface area contributed by atoms with Crippen LogP contribution in [-0.2, 0) is 33.4 Å². The molecule has 28 heavy (non-hydrogen) atoms. The van der Waals surface area contributed by atoms with Crippen molar-refractivity contribution < 1.29 is 33.4 Å². The highest BCUT2D eigenvalue weighted by molar-refractivity contribution is 5.85. The van der Waals surface area contributed by atoms with Gasteiger partial charge in [-0.1, -0.05) is 13.8 Å². The van der Waals surface area contributed by atoms with Crippen molar-refractivity contribution >= 4 is 23.8 Å². The van der Waals surface area contributed by atoms with Crippen LogP contribution in [0.5, 0.6) is 0 Å². The van der Waals surface area contributed by atoms with E-state index in [4.69, 9.17) is 0 Å². The first kappa shape index (κ1) is 25.8. The van der Waals surface area contributed by atoms with Gasteiger partial charge in [-0.05, 0) is 32.2 Å². The third-order valence-corrected chi connectivity index (χ3v) is 4.42. The van der Waals surface area contributed by atoms with Crippen LogP contribution in [0.3, 0.4) is 0 Å². The molecular formula is C19H34N2O7.